The van der Waals surface area contributed by atoms with E-state index in [1.807, 2.05) is 26.8 Å². The highest BCUT2D eigenvalue weighted by Crippen LogP contribution is 2.38. The molecule has 1 saturated carbocycles. The molecule has 1 aliphatic rings. The predicted molar refractivity (Wildman–Crippen MR) is 67.7 cm³/mol. The van der Waals surface area contributed by atoms with Gasteiger partial charge in [-0.05, 0) is 56.4 Å². The Morgan fingerprint density at radius 3 is 2.35 bits per heavy atom. The van der Waals surface area contributed by atoms with Crippen LogP contribution in [0.1, 0.15) is 39.9 Å². The summed E-state index contributed by atoms with van der Waals surface area (Å²) >= 11 is 0. The molecule has 0 saturated heterocycles. The van der Waals surface area contributed by atoms with E-state index in [-0.39, 0.29) is 5.78 Å². The maximum Gasteiger partial charge on any atom is 0.182 e. The van der Waals surface area contributed by atoms with Crippen LogP contribution in [0.4, 0.5) is 0 Å². The van der Waals surface area contributed by atoms with E-state index < -0.39 is 5.54 Å². The number of Topliss-reactive ketones (excluding diaryl/α,β-unsaturated/α-hetero) is 1. The summed E-state index contributed by atoms with van der Waals surface area (Å²) in [6.07, 6.45) is 1.60. The fourth-order valence-electron chi connectivity index (χ4n) is 2.24. The van der Waals surface area contributed by atoms with Gasteiger partial charge in [-0.15, -0.1) is 0 Å². The summed E-state index contributed by atoms with van der Waals surface area (Å²) in [5.74, 6) is 0.935. The van der Waals surface area contributed by atoms with Crippen molar-refractivity contribution < 1.29 is 9.53 Å². The number of ether oxygens (including phenoxy) is 1. The van der Waals surface area contributed by atoms with Crippen molar-refractivity contribution >= 4 is 5.78 Å². The summed E-state index contributed by atoms with van der Waals surface area (Å²) in [4.78, 5) is 12.3. The van der Waals surface area contributed by atoms with E-state index in [4.69, 9.17) is 10.5 Å². The Bertz CT molecular complexity index is 487. The van der Waals surface area contributed by atoms with Gasteiger partial charge in [-0.2, -0.15) is 0 Å². The molecule has 0 amide bonds. The Morgan fingerprint density at radius 2 is 1.88 bits per heavy atom. The molecule has 1 aromatic rings. The van der Waals surface area contributed by atoms with Gasteiger partial charge < -0.3 is 10.5 Å². The van der Waals surface area contributed by atoms with Crippen molar-refractivity contribution in [2.45, 2.75) is 39.2 Å². The maximum absolute atomic E-state index is 12.3. The molecule has 2 rings (SSSR count). The smallest absolute Gasteiger partial charge is 0.182 e. The first-order valence-electron chi connectivity index (χ1n) is 5.89. The van der Waals surface area contributed by atoms with Crippen LogP contribution in [0.15, 0.2) is 6.07 Å². The van der Waals surface area contributed by atoms with Gasteiger partial charge in [0.15, 0.2) is 5.78 Å². The minimum atomic E-state index is -0.599. The molecule has 0 aromatic heterocycles. The zero-order valence-corrected chi connectivity index (χ0v) is 10.9. The molecule has 0 heterocycles. The average Bonchev–Trinajstić information content (AvgIpc) is 3.03. The molecule has 2 N–H and O–H groups in total. The van der Waals surface area contributed by atoms with Crippen LogP contribution in [0.25, 0.3) is 0 Å². The first-order valence-corrected chi connectivity index (χ1v) is 5.89. The van der Waals surface area contributed by atoms with E-state index in [9.17, 15) is 4.79 Å². The highest BCUT2D eigenvalue weighted by atomic mass is 16.5. The van der Waals surface area contributed by atoms with Crippen molar-refractivity contribution in [1.82, 2.24) is 0 Å². The van der Waals surface area contributed by atoms with Crippen molar-refractivity contribution in [3.05, 3.63) is 28.3 Å². The van der Waals surface area contributed by atoms with E-state index in [1.165, 1.54) is 0 Å². The number of hydrogen-bond acceptors (Lipinski definition) is 3. The van der Waals surface area contributed by atoms with E-state index in [0.717, 1.165) is 40.8 Å². The molecule has 0 atom stereocenters. The third kappa shape index (κ3) is 1.84. The van der Waals surface area contributed by atoms with Gasteiger partial charge in [-0.3, -0.25) is 4.79 Å². The van der Waals surface area contributed by atoms with Crippen molar-refractivity contribution in [1.29, 1.82) is 0 Å². The first kappa shape index (κ1) is 12.1. The number of benzene rings is 1. The van der Waals surface area contributed by atoms with Crippen molar-refractivity contribution in [2.75, 3.05) is 7.11 Å². The van der Waals surface area contributed by atoms with Crippen LogP contribution < -0.4 is 10.5 Å². The maximum atomic E-state index is 12.3. The Morgan fingerprint density at radius 1 is 1.29 bits per heavy atom. The topological polar surface area (TPSA) is 52.3 Å². The molecule has 1 fully saturated rings. The summed E-state index contributed by atoms with van der Waals surface area (Å²) in [5.41, 5.74) is 9.13. The lowest BCUT2D eigenvalue weighted by Crippen LogP contribution is -2.33. The fourth-order valence-corrected chi connectivity index (χ4v) is 2.24. The molecular weight excluding hydrogens is 214 g/mol. The van der Waals surface area contributed by atoms with Crippen LogP contribution in [0, 0.1) is 20.8 Å². The Kier molecular flexibility index (Phi) is 2.74. The number of carbonyl (C=O) groups is 1. The number of hydrogen-bond donors (Lipinski definition) is 1. The molecule has 1 aliphatic carbocycles. The highest BCUT2D eigenvalue weighted by molar-refractivity contribution is 6.06. The number of aryl methyl sites for hydroxylation is 1. The van der Waals surface area contributed by atoms with E-state index in [2.05, 4.69) is 0 Å². The van der Waals surface area contributed by atoms with Crippen LogP contribution >= 0.6 is 0 Å². The zero-order valence-electron chi connectivity index (χ0n) is 10.9. The van der Waals surface area contributed by atoms with Gasteiger partial charge in [-0.1, -0.05) is 0 Å². The standard InChI is InChI=1S/C14H19NO2/c1-8-7-11(13(16)14(15)5-6-14)9(2)10(3)12(8)17-4/h7H,5-6,15H2,1-4H3. The van der Waals surface area contributed by atoms with Crippen molar-refractivity contribution in [3.63, 3.8) is 0 Å². The van der Waals surface area contributed by atoms with Crippen molar-refractivity contribution in [2.24, 2.45) is 5.73 Å². The number of rotatable bonds is 3. The predicted octanol–water partition coefficient (Wildman–Crippen LogP) is 2.29. The monoisotopic (exact) mass is 233 g/mol. The Hall–Kier alpha value is -1.35. The minimum absolute atomic E-state index is 0.0730. The lowest BCUT2D eigenvalue weighted by Gasteiger charge is -2.17. The van der Waals surface area contributed by atoms with Gasteiger partial charge in [-0.25, -0.2) is 0 Å². The molecule has 0 radical (unpaired) electrons. The summed E-state index contributed by atoms with van der Waals surface area (Å²) in [6, 6.07) is 1.90. The van der Waals surface area contributed by atoms with E-state index >= 15 is 0 Å². The van der Waals surface area contributed by atoms with Gasteiger partial charge in [0.05, 0.1) is 12.6 Å². The lowest BCUT2D eigenvalue weighted by atomic mass is 9.92. The number of carbonyl (C=O) groups excluding carboxylic acids is 1. The second-order valence-corrected chi connectivity index (χ2v) is 5.01. The molecule has 0 bridgehead atoms. The lowest BCUT2D eigenvalue weighted by molar-refractivity contribution is 0.0948. The normalized spacial score (nSPS) is 16.8. The zero-order chi connectivity index (χ0) is 12.8. The van der Waals surface area contributed by atoms with E-state index in [0.29, 0.717) is 0 Å². The molecule has 0 aliphatic heterocycles. The Balaban J connectivity index is 2.53. The van der Waals surface area contributed by atoms with Crippen LogP contribution in [0.5, 0.6) is 5.75 Å². The second kappa shape index (κ2) is 3.84. The summed E-state index contributed by atoms with van der Waals surface area (Å²) in [6.45, 7) is 5.89. The summed E-state index contributed by atoms with van der Waals surface area (Å²) in [5, 5.41) is 0. The molecule has 0 spiro atoms. The molecule has 3 heteroatoms. The molecule has 92 valence electrons. The molecular formula is C14H19NO2. The largest absolute Gasteiger partial charge is 0.496 e. The van der Waals surface area contributed by atoms with E-state index in [1.54, 1.807) is 7.11 Å². The highest BCUT2D eigenvalue weighted by Gasteiger charge is 2.46. The molecule has 1 aromatic carbocycles. The summed E-state index contributed by atoms with van der Waals surface area (Å²) in [7, 11) is 1.65. The quantitative estimate of drug-likeness (QED) is 0.815. The number of methoxy groups -OCH3 is 1. The van der Waals surface area contributed by atoms with Gasteiger partial charge >= 0.3 is 0 Å². The van der Waals surface area contributed by atoms with Gasteiger partial charge in [0.2, 0.25) is 0 Å². The van der Waals surface area contributed by atoms with Crippen LogP contribution in [-0.4, -0.2) is 18.4 Å². The minimum Gasteiger partial charge on any atom is -0.496 e. The van der Waals surface area contributed by atoms with Gasteiger partial charge in [0.1, 0.15) is 5.75 Å². The van der Waals surface area contributed by atoms with Gasteiger partial charge in [0, 0.05) is 5.56 Å². The fraction of sp³-hybridized carbons (Fsp3) is 0.500. The summed E-state index contributed by atoms with van der Waals surface area (Å²) < 4.78 is 5.35. The average molecular weight is 233 g/mol. The van der Waals surface area contributed by atoms with Crippen LogP contribution in [-0.2, 0) is 0 Å². The second-order valence-electron chi connectivity index (χ2n) is 5.01. The molecule has 0 unspecified atom stereocenters. The first-order chi connectivity index (χ1) is 7.90. The Labute approximate surface area is 102 Å². The third-order valence-corrected chi connectivity index (χ3v) is 3.72. The number of ketones is 1. The number of nitrogens with two attached hydrogens (primary N) is 1. The van der Waals surface area contributed by atoms with Crippen LogP contribution in [0.3, 0.4) is 0 Å². The SMILES string of the molecule is COc1c(C)cc(C(=O)C2(N)CC2)c(C)c1C. The third-order valence-electron chi connectivity index (χ3n) is 3.72. The molecule has 17 heavy (non-hydrogen) atoms. The molecule has 3 nitrogen and oxygen atoms in total. The van der Waals surface area contributed by atoms with Gasteiger partial charge in [0.25, 0.3) is 0 Å². The van der Waals surface area contributed by atoms with Crippen molar-refractivity contribution in [3.8, 4) is 5.75 Å². The van der Waals surface area contributed by atoms with Crippen LogP contribution in [0.2, 0.25) is 0 Å².